The molecule has 26 heavy (non-hydrogen) atoms. The number of aryl methyl sites for hydroxylation is 2. The minimum atomic E-state index is -0.0139. The van der Waals surface area contributed by atoms with Gasteiger partial charge in [0, 0.05) is 10.6 Å². The van der Waals surface area contributed by atoms with Gasteiger partial charge in [-0.2, -0.15) is 0 Å². The summed E-state index contributed by atoms with van der Waals surface area (Å²) in [5.74, 6) is 1.24. The molecule has 7 heteroatoms. The Morgan fingerprint density at radius 2 is 2.04 bits per heavy atom. The van der Waals surface area contributed by atoms with E-state index in [1.807, 2.05) is 24.3 Å². The Hall–Kier alpha value is -1.83. The number of hydrogen-bond acceptors (Lipinski definition) is 6. The number of methoxy groups -OCH3 is 1. The minimum Gasteiger partial charge on any atom is -0.497 e. The number of aliphatic hydroxyl groups is 1. The van der Waals surface area contributed by atoms with Crippen LogP contribution in [-0.2, 0) is 12.8 Å². The first-order valence-electron chi connectivity index (χ1n) is 8.68. The summed E-state index contributed by atoms with van der Waals surface area (Å²) in [6.07, 6.45) is 4.30. The third-order valence-corrected chi connectivity index (χ3v) is 6.72. The van der Waals surface area contributed by atoms with Gasteiger partial charge in [-0.15, -0.1) is 11.3 Å². The molecule has 136 valence electrons. The molecule has 0 fully saturated rings. The summed E-state index contributed by atoms with van der Waals surface area (Å²) < 4.78 is 6.89. The summed E-state index contributed by atoms with van der Waals surface area (Å²) in [5.41, 5.74) is 1.94. The van der Waals surface area contributed by atoms with Crippen LogP contribution in [0.3, 0.4) is 0 Å². The number of hydrogen-bond donors (Lipinski definition) is 1. The third-order valence-electron chi connectivity index (χ3n) is 4.61. The zero-order valence-electron chi connectivity index (χ0n) is 14.5. The van der Waals surface area contributed by atoms with E-state index in [9.17, 15) is 9.90 Å². The fourth-order valence-corrected chi connectivity index (χ4v) is 5.44. The zero-order chi connectivity index (χ0) is 18.1. The van der Waals surface area contributed by atoms with E-state index in [0.29, 0.717) is 10.9 Å². The second-order valence-electron chi connectivity index (χ2n) is 6.20. The first-order chi connectivity index (χ1) is 12.7. The topological polar surface area (TPSA) is 64.3 Å². The van der Waals surface area contributed by atoms with Crippen LogP contribution in [0.15, 0.2) is 34.2 Å². The Kier molecular flexibility index (Phi) is 5.02. The highest BCUT2D eigenvalue weighted by Gasteiger charge is 2.22. The molecule has 0 bridgehead atoms. The summed E-state index contributed by atoms with van der Waals surface area (Å²) in [6.45, 7) is 0.0438. The summed E-state index contributed by atoms with van der Waals surface area (Å²) in [4.78, 5) is 20.4. The maximum Gasteiger partial charge on any atom is 0.267 e. The molecular formula is C19H20N2O3S2. The molecule has 2 aromatic heterocycles. The fraction of sp³-hybridized carbons (Fsp3) is 0.368. The van der Waals surface area contributed by atoms with Gasteiger partial charge >= 0.3 is 0 Å². The van der Waals surface area contributed by atoms with Crippen LogP contribution in [0.2, 0.25) is 0 Å². The molecular weight excluding hydrogens is 368 g/mol. The molecule has 5 nitrogen and oxygen atoms in total. The minimum absolute atomic E-state index is 0.0139. The highest BCUT2D eigenvalue weighted by molar-refractivity contribution is 7.99. The highest BCUT2D eigenvalue weighted by atomic mass is 32.2. The Balaban J connectivity index is 1.95. The fourth-order valence-electron chi connectivity index (χ4n) is 3.38. The van der Waals surface area contributed by atoms with Crippen molar-refractivity contribution in [1.82, 2.24) is 9.55 Å². The highest BCUT2D eigenvalue weighted by Crippen LogP contribution is 2.35. The molecule has 0 saturated carbocycles. The second-order valence-corrected chi connectivity index (χ2v) is 8.34. The lowest BCUT2D eigenvalue weighted by Gasteiger charge is -2.13. The van der Waals surface area contributed by atoms with Crippen molar-refractivity contribution in [1.29, 1.82) is 0 Å². The predicted molar refractivity (Wildman–Crippen MR) is 106 cm³/mol. The van der Waals surface area contributed by atoms with Gasteiger partial charge in [0.1, 0.15) is 10.6 Å². The van der Waals surface area contributed by atoms with Gasteiger partial charge in [0.15, 0.2) is 5.16 Å². The number of fused-ring (bicyclic) bond motifs is 3. The van der Waals surface area contributed by atoms with Gasteiger partial charge in [0.25, 0.3) is 5.56 Å². The number of nitrogens with zero attached hydrogens (tertiary/aromatic N) is 2. The van der Waals surface area contributed by atoms with Crippen molar-refractivity contribution in [2.45, 2.75) is 30.8 Å². The molecule has 0 spiro atoms. The quantitative estimate of drug-likeness (QED) is 0.536. The summed E-state index contributed by atoms with van der Waals surface area (Å²) >= 11 is 3.06. The normalized spacial score (nSPS) is 13.8. The van der Waals surface area contributed by atoms with E-state index in [4.69, 9.17) is 9.72 Å². The van der Waals surface area contributed by atoms with Gasteiger partial charge < -0.3 is 9.84 Å². The molecule has 1 aromatic carbocycles. The predicted octanol–water partition coefficient (Wildman–Crippen LogP) is 3.42. The van der Waals surface area contributed by atoms with Crippen LogP contribution in [-0.4, -0.2) is 34.1 Å². The molecule has 1 aliphatic rings. The van der Waals surface area contributed by atoms with Gasteiger partial charge in [-0.1, -0.05) is 11.8 Å². The molecule has 0 radical (unpaired) electrons. The van der Waals surface area contributed by atoms with E-state index < -0.39 is 0 Å². The molecule has 1 aliphatic carbocycles. The van der Waals surface area contributed by atoms with Crippen molar-refractivity contribution in [2.24, 2.45) is 0 Å². The van der Waals surface area contributed by atoms with Crippen molar-refractivity contribution in [3.8, 4) is 11.4 Å². The van der Waals surface area contributed by atoms with Crippen molar-refractivity contribution in [3.05, 3.63) is 45.1 Å². The number of aliphatic hydroxyl groups excluding tert-OH is 1. The van der Waals surface area contributed by atoms with E-state index in [1.54, 1.807) is 23.0 Å². The van der Waals surface area contributed by atoms with Gasteiger partial charge in [0.05, 0.1) is 24.8 Å². The van der Waals surface area contributed by atoms with Crippen LogP contribution in [0.25, 0.3) is 15.9 Å². The lowest BCUT2D eigenvalue weighted by atomic mass is 9.97. The lowest BCUT2D eigenvalue weighted by molar-refractivity contribution is 0.322. The van der Waals surface area contributed by atoms with E-state index >= 15 is 0 Å². The first-order valence-corrected chi connectivity index (χ1v) is 10.5. The van der Waals surface area contributed by atoms with Gasteiger partial charge in [-0.05, 0) is 55.5 Å². The van der Waals surface area contributed by atoms with Crippen LogP contribution < -0.4 is 10.3 Å². The van der Waals surface area contributed by atoms with E-state index in [1.165, 1.54) is 28.6 Å². The molecule has 0 unspecified atom stereocenters. The number of benzene rings is 1. The number of thioether (sulfide) groups is 1. The standard InChI is InChI=1S/C19H20N2O3S2/c1-24-13-8-6-12(7-9-13)21-18(23)16-14-4-2-3-5-15(14)26-17(16)20-19(21)25-11-10-22/h6-9,22H,2-5,10-11H2,1H3. The number of aromatic nitrogens is 2. The van der Waals surface area contributed by atoms with E-state index in [0.717, 1.165) is 40.9 Å². The Morgan fingerprint density at radius 3 is 2.77 bits per heavy atom. The van der Waals surface area contributed by atoms with Gasteiger partial charge in [0.2, 0.25) is 0 Å². The maximum absolute atomic E-state index is 13.4. The van der Waals surface area contributed by atoms with Crippen LogP contribution in [0, 0.1) is 0 Å². The smallest absolute Gasteiger partial charge is 0.267 e. The molecule has 1 N–H and O–H groups in total. The Morgan fingerprint density at radius 1 is 1.27 bits per heavy atom. The van der Waals surface area contributed by atoms with Crippen molar-refractivity contribution < 1.29 is 9.84 Å². The Bertz CT molecular complexity index is 993. The summed E-state index contributed by atoms with van der Waals surface area (Å²) in [6, 6.07) is 7.43. The average molecular weight is 389 g/mol. The first kappa shape index (κ1) is 17.6. The molecule has 4 rings (SSSR count). The largest absolute Gasteiger partial charge is 0.497 e. The monoisotopic (exact) mass is 388 g/mol. The van der Waals surface area contributed by atoms with Crippen LogP contribution >= 0.6 is 23.1 Å². The second kappa shape index (κ2) is 7.42. The van der Waals surface area contributed by atoms with Crippen molar-refractivity contribution >= 4 is 33.3 Å². The number of ether oxygens (including phenoxy) is 1. The summed E-state index contributed by atoms with van der Waals surface area (Å²) in [7, 11) is 1.62. The van der Waals surface area contributed by atoms with Crippen LogP contribution in [0.5, 0.6) is 5.75 Å². The molecule has 0 amide bonds. The average Bonchev–Trinajstić information content (AvgIpc) is 3.05. The molecule has 0 aliphatic heterocycles. The lowest BCUT2D eigenvalue weighted by Crippen LogP contribution is -2.22. The maximum atomic E-state index is 13.4. The third kappa shape index (κ3) is 3.04. The van der Waals surface area contributed by atoms with Crippen LogP contribution in [0.4, 0.5) is 0 Å². The number of thiophene rings is 1. The van der Waals surface area contributed by atoms with Crippen molar-refractivity contribution in [2.75, 3.05) is 19.5 Å². The Labute approximate surface area is 159 Å². The molecule has 2 heterocycles. The van der Waals surface area contributed by atoms with Crippen LogP contribution in [0.1, 0.15) is 23.3 Å². The number of rotatable bonds is 5. The molecule has 3 aromatic rings. The van der Waals surface area contributed by atoms with Gasteiger partial charge in [-0.3, -0.25) is 9.36 Å². The van der Waals surface area contributed by atoms with Crippen molar-refractivity contribution in [3.63, 3.8) is 0 Å². The van der Waals surface area contributed by atoms with E-state index in [-0.39, 0.29) is 12.2 Å². The van der Waals surface area contributed by atoms with E-state index in [2.05, 4.69) is 0 Å². The van der Waals surface area contributed by atoms with Gasteiger partial charge in [-0.25, -0.2) is 4.98 Å². The zero-order valence-corrected chi connectivity index (χ0v) is 16.2. The molecule has 0 saturated heterocycles. The molecule has 0 atom stereocenters. The summed E-state index contributed by atoms with van der Waals surface area (Å²) in [5, 5.41) is 10.6. The SMILES string of the molecule is COc1ccc(-n2c(SCCO)nc3sc4c(c3c2=O)CCCC4)cc1.